The quantitative estimate of drug-likeness (QED) is 0.557. The lowest BCUT2D eigenvalue weighted by molar-refractivity contribution is 0.0679. The highest BCUT2D eigenvalue weighted by atomic mass is 16.3. The van der Waals surface area contributed by atoms with Gasteiger partial charge in [-0.2, -0.15) is 0 Å². The smallest absolute Gasteiger partial charge is 0.289 e. The Morgan fingerprint density at radius 3 is 2.73 bits per heavy atom. The Hall–Kier alpha value is -3.15. The van der Waals surface area contributed by atoms with Gasteiger partial charge in [0.15, 0.2) is 5.76 Å². The van der Waals surface area contributed by atoms with Gasteiger partial charge in [-0.25, -0.2) is 9.97 Å². The number of carbonyl (C=O) groups excluding carboxylic acids is 1. The Morgan fingerprint density at radius 1 is 1.08 bits per heavy atom. The Labute approximate surface area is 150 Å². The van der Waals surface area contributed by atoms with Crippen LogP contribution in [0.1, 0.15) is 35.0 Å². The minimum Gasteiger partial charge on any atom is -0.459 e. The van der Waals surface area contributed by atoms with E-state index >= 15 is 0 Å². The summed E-state index contributed by atoms with van der Waals surface area (Å²) in [6, 6.07) is 13.7. The summed E-state index contributed by atoms with van der Waals surface area (Å²) in [5.74, 6) is 1.49. The van der Waals surface area contributed by atoms with Gasteiger partial charge < -0.3 is 9.32 Å². The van der Waals surface area contributed by atoms with E-state index in [4.69, 9.17) is 4.42 Å². The summed E-state index contributed by atoms with van der Waals surface area (Å²) >= 11 is 0. The number of likely N-dealkylation sites (tertiary alicyclic amines) is 1. The largest absolute Gasteiger partial charge is 0.459 e. The number of fused-ring (bicyclic) bond motifs is 3. The SMILES string of the molecule is O=C(c1ccco1)N1CCC(c2ccnc3nc4ccccc4n23)CC1. The van der Waals surface area contributed by atoms with E-state index in [1.807, 2.05) is 29.3 Å². The number of nitrogens with zero attached hydrogens (tertiary/aromatic N) is 4. The van der Waals surface area contributed by atoms with Gasteiger partial charge in [0.2, 0.25) is 5.78 Å². The zero-order valence-electron chi connectivity index (χ0n) is 14.2. The van der Waals surface area contributed by atoms with Crippen molar-refractivity contribution in [2.75, 3.05) is 13.1 Å². The lowest BCUT2D eigenvalue weighted by Gasteiger charge is -2.31. The first-order valence-electron chi connectivity index (χ1n) is 8.86. The Balaban J connectivity index is 1.44. The molecular formula is C20H18N4O2. The second-order valence-electron chi connectivity index (χ2n) is 6.65. The molecule has 1 aliphatic heterocycles. The molecule has 4 heterocycles. The summed E-state index contributed by atoms with van der Waals surface area (Å²) in [5.41, 5.74) is 3.26. The van der Waals surface area contributed by atoms with Crippen LogP contribution < -0.4 is 0 Å². The highest BCUT2D eigenvalue weighted by Crippen LogP contribution is 2.30. The van der Waals surface area contributed by atoms with E-state index in [1.54, 1.807) is 12.1 Å². The van der Waals surface area contributed by atoms with Crippen molar-refractivity contribution >= 4 is 22.7 Å². The molecule has 1 aliphatic rings. The van der Waals surface area contributed by atoms with Crippen molar-refractivity contribution in [2.45, 2.75) is 18.8 Å². The van der Waals surface area contributed by atoms with Crippen molar-refractivity contribution in [2.24, 2.45) is 0 Å². The molecule has 6 nitrogen and oxygen atoms in total. The lowest BCUT2D eigenvalue weighted by atomic mass is 9.93. The minimum absolute atomic E-state index is 0.0265. The first-order chi connectivity index (χ1) is 12.8. The molecule has 0 N–H and O–H groups in total. The number of aromatic nitrogens is 3. The third kappa shape index (κ3) is 2.37. The molecular weight excluding hydrogens is 328 g/mol. The van der Waals surface area contributed by atoms with Gasteiger partial charge in [-0.15, -0.1) is 0 Å². The minimum atomic E-state index is -0.0265. The van der Waals surface area contributed by atoms with Gasteiger partial charge in [0, 0.05) is 30.9 Å². The lowest BCUT2D eigenvalue weighted by Crippen LogP contribution is -2.38. The highest BCUT2D eigenvalue weighted by molar-refractivity contribution is 5.91. The van der Waals surface area contributed by atoms with E-state index in [-0.39, 0.29) is 5.91 Å². The van der Waals surface area contributed by atoms with Crippen molar-refractivity contribution in [1.82, 2.24) is 19.3 Å². The van der Waals surface area contributed by atoms with Gasteiger partial charge in [-0.3, -0.25) is 9.20 Å². The van der Waals surface area contributed by atoms with Crippen LogP contribution in [0.4, 0.5) is 0 Å². The van der Waals surface area contributed by atoms with Crippen LogP contribution >= 0.6 is 0 Å². The summed E-state index contributed by atoms with van der Waals surface area (Å²) in [6.45, 7) is 1.45. The Morgan fingerprint density at radius 2 is 1.92 bits per heavy atom. The molecule has 6 heteroatoms. The average molecular weight is 346 g/mol. The Kier molecular flexibility index (Phi) is 3.48. The van der Waals surface area contributed by atoms with Gasteiger partial charge in [0.05, 0.1) is 17.3 Å². The number of hydrogen-bond acceptors (Lipinski definition) is 4. The molecule has 0 bridgehead atoms. The monoisotopic (exact) mass is 346 g/mol. The number of furan rings is 1. The molecule has 3 aromatic heterocycles. The normalized spacial score (nSPS) is 15.8. The molecule has 0 saturated carbocycles. The van der Waals surface area contributed by atoms with Crippen LogP contribution in [-0.4, -0.2) is 38.3 Å². The molecule has 1 amide bonds. The van der Waals surface area contributed by atoms with Crippen LogP contribution in [0.3, 0.4) is 0 Å². The molecule has 0 aliphatic carbocycles. The summed E-state index contributed by atoms with van der Waals surface area (Å²) in [4.78, 5) is 23.4. The second-order valence-corrected chi connectivity index (χ2v) is 6.65. The first kappa shape index (κ1) is 15.1. The number of para-hydroxylation sites is 2. The predicted molar refractivity (Wildman–Crippen MR) is 97.1 cm³/mol. The molecule has 5 rings (SSSR count). The van der Waals surface area contributed by atoms with E-state index < -0.39 is 0 Å². The molecule has 130 valence electrons. The molecule has 1 fully saturated rings. The van der Waals surface area contributed by atoms with Crippen LogP contribution in [0.2, 0.25) is 0 Å². The molecule has 0 unspecified atom stereocenters. The fourth-order valence-corrected chi connectivity index (χ4v) is 3.86. The number of amides is 1. The van der Waals surface area contributed by atoms with Crippen molar-refractivity contribution in [1.29, 1.82) is 0 Å². The molecule has 1 saturated heterocycles. The predicted octanol–water partition coefficient (Wildman–Crippen LogP) is 3.50. The third-order valence-corrected chi connectivity index (χ3v) is 5.17. The zero-order valence-corrected chi connectivity index (χ0v) is 14.2. The van der Waals surface area contributed by atoms with Gasteiger partial charge >= 0.3 is 0 Å². The van der Waals surface area contributed by atoms with Gasteiger partial charge in [0.25, 0.3) is 5.91 Å². The standard InChI is InChI=1S/C20H18N4O2/c25-19(18-6-3-13-26-18)23-11-8-14(9-12-23)16-7-10-21-20-22-15-4-1-2-5-17(15)24(16)20/h1-7,10,13-14H,8-9,11-12H2. The topological polar surface area (TPSA) is 63.6 Å². The van der Waals surface area contributed by atoms with E-state index in [0.29, 0.717) is 11.7 Å². The molecule has 1 aromatic carbocycles. The number of rotatable bonds is 2. The van der Waals surface area contributed by atoms with Crippen molar-refractivity contribution in [3.63, 3.8) is 0 Å². The molecule has 0 atom stereocenters. The van der Waals surface area contributed by atoms with E-state index in [9.17, 15) is 4.79 Å². The third-order valence-electron chi connectivity index (χ3n) is 5.17. The molecule has 0 spiro atoms. The van der Waals surface area contributed by atoms with Gasteiger partial charge in [-0.1, -0.05) is 12.1 Å². The number of carbonyl (C=O) groups is 1. The van der Waals surface area contributed by atoms with E-state index in [2.05, 4.69) is 26.5 Å². The van der Waals surface area contributed by atoms with Crippen molar-refractivity contribution in [3.8, 4) is 0 Å². The number of benzene rings is 1. The van der Waals surface area contributed by atoms with Crippen LogP contribution in [-0.2, 0) is 0 Å². The maximum Gasteiger partial charge on any atom is 0.289 e. The highest BCUT2D eigenvalue weighted by Gasteiger charge is 2.27. The maximum absolute atomic E-state index is 12.5. The van der Waals surface area contributed by atoms with Crippen LogP contribution in [0.25, 0.3) is 16.8 Å². The molecule has 26 heavy (non-hydrogen) atoms. The van der Waals surface area contributed by atoms with E-state index in [0.717, 1.165) is 42.7 Å². The molecule has 4 aromatic rings. The van der Waals surface area contributed by atoms with Crippen LogP contribution in [0.5, 0.6) is 0 Å². The van der Waals surface area contributed by atoms with Crippen LogP contribution in [0, 0.1) is 0 Å². The second kappa shape index (κ2) is 5.98. The average Bonchev–Trinajstić information content (AvgIpc) is 3.35. The van der Waals surface area contributed by atoms with Crippen molar-refractivity contribution < 1.29 is 9.21 Å². The summed E-state index contributed by atoms with van der Waals surface area (Å²) in [6.07, 6.45) is 5.20. The summed E-state index contributed by atoms with van der Waals surface area (Å²) in [5, 5.41) is 0. The fraction of sp³-hybridized carbons (Fsp3) is 0.250. The Bertz CT molecular complexity index is 1080. The molecule has 0 radical (unpaired) electrons. The first-order valence-corrected chi connectivity index (χ1v) is 8.86. The maximum atomic E-state index is 12.5. The zero-order chi connectivity index (χ0) is 17.5. The number of hydrogen-bond donors (Lipinski definition) is 0. The van der Waals surface area contributed by atoms with Crippen LogP contribution in [0.15, 0.2) is 59.3 Å². The fourth-order valence-electron chi connectivity index (χ4n) is 3.86. The van der Waals surface area contributed by atoms with E-state index in [1.165, 1.54) is 12.0 Å². The van der Waals surface area contributed by atoms with Gasteiger partial charge in [0.1, 0.15) is 0 Å². The van der Waals surface area contributed by atoms with Gasteiger partial charge in [-0.05, 0) is 43.2 Å². The van der Waals surface area contributed by atoms with Crippen molar-refractivity contribution in [3.05, 3.63) is 66.4 Å². The summed E-state index contributed by atoms with van der Waals surface area (Å²) in [7, 11) is 0. The number of piperidine rings is 1. The number of imidazole rings is 1. The summed E-state index contributed by atoms with van der Waals surface area (Å²) < 4.78 is 7.40.